The van der Waals surface area contributed by atoms with Crippen LogP contribution in [0, 0.1) is 17.0 Å². The summed E-state index contributed by atoms with van der Waals surface area (Å²) in [4.78, 5) is 19.3. The molecule has 0 aliphatic rings. The molecule has 0 saturated carbocycles. The molecule has 5 aromatic rings. The van der Waals surface area contributed by atoms with Crippen LogP contribution in [0.25, 0.3) is 33.9 Å². The van der Waals surface area contributed by atoms with Crippen molar-refractivity contribution >= 4 is 28.7 Å². The molecule has 162 valence electrons. The van der Waals surface area contributed by atoms with Gasteiger partial charge in [-0.15, -0.1) is 0 Å². The molecule has 0 aliphatic carbocycles. The highest BCUT2D eigenvalue weighted by atomic mass is 16.6. The van der Waals surface area contributed by atoms with Gasteiger partial charge in [0.1, 0.15) is 22.8 Å². The van der Waals surface area contributed by atoms with E-state index in [1.165, 1.54) is 18.2 Å². The summed E-state index contributed by atoms with van der Waals surface area (Å²) in [5.74, 6) is 1.43. The molecular weight excluding hydrogens is 422 g/mol. The molecule has 8 heteroatoms. The Balaban J connectivity index is 1.39. The van der Waals surface area contributed by atoms with Gasteiger partial charge < -0.3 is 13.9 Å². The zero-order chi connectivity index (χ0) is 22.9. The van der Waals surface area contributed by atoms with Gasteiger partial charge in [-0.25, -0.2) is 4.98 Å². The van der Waals surface area contributed by atoms with Crippen molar-refractivity contribution in [2.45, 2.75) is 6.92 Å². The minimum absolute atomic E-state index is 0.0179. The third kappa shape index (κ3) is 4.09. The number of hydrogen-bond donors (Lipinski definition) is 1. The van der Waals surface area contributed by atoms with Crippen LogP contribution in [0.1, 0.15) is 11.3 Å². The van der Waals surface area contributed by atoms with Crippen LogP contribution in [0.2, 0.25) is 0 Å². The number of nitro groups is 1. The molecule has 1 N–H and O–H groups in total. The Morgan fingerprint density at radius 2 is 1.82 bits per heavy atom. The summed E-state index contributed by atoms with van der Waals surface area (Å²) in [7, 11) is 0. The summed E-state index contributed by atoms with van der Waals surface area (Å²) < 4.78 is 11.6. The zero-order valence-electron chi connectivity index (χ0n) is 17.4. The number of oxazole rings is 1. The van der Waals surface area contributed by atoms with Crippen molar-refractivity contribution in [2.24, 2.45) is 4.99 Å². The number of hydrogen-bond acceptors (Lipinski definition) is 7. The van der Waals surface area contributed by atoms with Crippen LogP contribution < -0.4 is 0 Å². The van der Waals surface area contributed by atoms with Gasteiger partial charge in [0.2, 0.25) is 5.89 Å². The summed E-state index contributed by atoms with van der Waals surface area (Å²) >= 11 is 0. The lowest BCUT2D eigenvalue weighted by Gasteiger charge is -2.01. The number of aromatic hydroxyl groups is 1. The van der Waals surface area contributed by atoms with Crippen molar-refractivity contribution < 1.29 is 18.9 Å². The lowest BCUT2D eigenvalue weighted by atomic mass is 10.1. The van der Waals surface area contributed by atoms with Gasteiger partial charge in [0, 0.05) is 17.7 Å². The van der Waals surface area contributed by atoms with E-state index in [9.17, 15) is 15.2 Å². The summed E-state index contributed by atoms with van der Waals surface area (Å²) in [5.41, 5.74) is 4.17. The summed E-state index contributed by atoms with van der Waals surface area (Å²) in [5, 5.41) is 21.1. The van der Waals surface area contributed by atoms with Crippen LogP contribution in [0.5, 0.6) is 5.75 Å². The van der Waals surface area contributed by atoms with E-state index in [-0.39, 0.29) is 11.4 Å². The molecule has 5 rings (SSSR count). The van der Waals surface area contributed by atoms with Gasteiger partial charge in [-0.1, -0.05) is 6.07 Å². The largest absolute Gasteiger partial charge is 0.507 e. The molecule has 0 saturated heterocycles. The van der Waals surface area contributed by atoms with Crippen molar-refractivity contribution in [3.05, 3.63) is 94.2 Å². The number of rotatable bonds is 5. The van der Waals surface area contributed by atoms with E-state index in [4.69, 9.17) is 8.83 Å². The number of nitro benzene ring substituents is 1. The van der Waals surface area contributed by atoms with Crippen molar-refractivity contribution in [1.82, 2.24) is 4.98 Å². The Morgan fingerprint density at radius 1 is 1.00 bits per heavy atom. The Hall–Kier alpha value is -4.72. The average molecular weight is 439 g/mol. The number of furan rings is 1. The minimum Gasteiger partial charge on any atom is -0.507 e. The lowest BCUT2D eigenvalue weighted by Crippen LogP contribution is -1.86. The second kappa shape index (κ2) is 8.08. The van der Waals surface area contributed by atoms with E-state index in [1.807, 2.05) is 25.1 Å². The molecule has 0 atom stereocenters. The SMILES string of the molecule is Cc1ccc2oc(-c3cc(N=Cc4ccc(-c5ccc([N+](=O)[O-])cc5)o4)ccc3O)nc2c1. The maximum atomic E-state index is 10.8. The molecule has 0 amide bonds. The molecule has 0 fully saturated rings. The monoisotopic (exact) mass is 439 g/mol. The molecule has 3 aromatic carbocycles. The number of non-ortho nitro benzene ring substituents is 1. The second-order valence-electron chi connectivity index (χ2n) is 7.46. The second-order valence-corrected chi connectivity index (χ2v) is 7.46. The van der Waals surface area contributed by atoms with E-state index in [0.717, 1.165) is 11.1 Å². The van der Waals surface area contributed by atoms with Gasteiger partial charge in [-0.05, 0) is 67.1 Å². The number of fused-ring (bicyclic) bond motifs is 1. The molecule has 0 radical (unpaired) electrons. The van der Waals surface area contributed by atoms with Crippen molar-refractivity contribution in [1.29, 1.82) is 0 Å². The van der Waals surface area contributed by atoms with Gasteiger partial charge in [-0.3, -0.25) is 15.1 Å². The fraction of sp³-hybridized carbons (Fsp3) is 0.0400. The number of phenolic OH excluding ortho intramolecular Hbond substituents is 1. The zero-order valence-corrected chi connectivity index (χ0v) is 17.4. The fourth-order valence-electron chi connectivity index (χ4n) is 3.39. The highest BCUT2D eigenvalue weighted by Gasteiger charge is 2.13. The van der Waals surface area contributed by atoms with E-state index in [0.29, 0.717) is 39.8 Å². The first-order valence-electron chi connectivity index (χ1n) is 10.1. The molecule has 0 bridgehead atoms. The first kappa shape index (κ1) is 20.2. The van der Waals surface area contributed by atoms with Gasteiger partial charge >= 0.3 is 0 Å². The Bertz CT molecular complexity index is 1510. The van der Waals surface area contributed by atoms with Crippen LogP contribution in [0.4, 0.5) is 11.4 Å². The number of aromatic nitrogens is 1. The molecule has 0 aliphatic heterocycles. The number of phenols is 1. The molecular formula is C25H17N3O5. The molecule has 2 aromatic heterocycles. The Kier molecular flexibility index (Phi) is 4.95. The third-order valence-electron chi connectivity index (χ3n) is 5.08. The van der Waals surface area contributed by atoms with Crippen LogP contribution in [-0.2, 0) is 0 Å². The van der Waals surface area contributed by atoms with Crippen molar-refractivity contribution in [3.8, 4) is 28.5 Å². The maximum absolute atomic E-state index is 10.8. The van der Waals surface area contributed by atoms with Crippen LogP contribution in [0.15, 0.2) is 86.6 Å². The molecule has 0 spiro atoms. The number of aliphatic imine (C=N–C) groups is 1. The van der Waals surface area contributed by atoms with Crippen molar-refractivity contribution in [2.75, 3.05) is 0 Å². The first-order valence-corrected chi connectivity index (χ1v) is 10.1. The standard InChI is InChI=1S/C25H17N3O5/c1-15-2-10-24-21(12-15)27-25(33-24)20-13-17(5-9-22(20)29)26-14-19-8-11-23(32-19)16-3-6-18(7-4-16)28(30)31/h2-14,29H,1H3. The third-order valence-corrected chi connectivity index (χ3v) is 5.08. The Labute approximate surface area is 187 Å². The smallest absolute Gasteiger partial charge is 0.269 e. The molecule has 8 nitrogen and oxygen atoms in total. The first-order chi connectivity index (χ1) is 16.0. The minimum atomic E-state index is -0.447. The summed E-state index contributed by atoms with van der Waals surface area (Å²) in [6.45, 7) is 1.97. The normalized spacial score (nSPS) is 11.4. The van der Waals surface area contributed by atoms with E-state index in [2.05, 4.69) is 9.98 Å². The highest BCUT2D eigenvalue weighted by Crippen LogP contribution is 2.34. The van der Waals surface area contributed by atoms with Gasteiger partial charge in [0.25, 0.3) is 5.69 Å². The van der Waals surface area contributed by atoms with E-state index >= 15 is 0 Å². The summed E-state index contributed by atoms with van der Waals surface area (Å²) in [6.07, 6.45) is 1.56. The topological polar surface area (TPSA) is 115 Å². The van der Waals surface area contributed by atoms with Crippen LogP contribution in [-0.4, -0.2) is 21.2 Å². The van der Waals surface area contributed by atoms with Crippen molar-refractivity contribution in [3.63, 3.8) is 0 Å². The molecule has 0 unspecified atom stereocenters. The number of benzene rings is 3. The van der Waals surface area contributed by atoms with E-state index < -0.39 is 4.92 Å². The molecule has 2 heterocycles. The van der Waals surface area contributed by atoms with Gasteiger partial charge in [-0.2, -0.15) is 0 Å². The predicted octanol–water partition coefficient (Wildman–Crippen LogP) is 6.43. The van der Waals surface area contributed by atoms with Crippen LogP contribution >= 0.6 is 0 Å². The predicted molar refractivity (Wildman–Crippen MR) is 124 cm³/mol. The van der Waals surface area contributed by atoms with Gasteiger partial charge in [0.05, 0.1) is 22.4 Å². The van der Waals surface area contributed by atoms with Gasteiger partial charge in [0.15, 0.2) is 5.58 Å². The average Bonchev–Trinajstić information content (AvgIpc) is 3.45. The van der Waals surface area contributed by atoms with Crippen LogP contribution in [0.3, 0.4) is 0 Å². The Morgan fingerprint density at radius 3 is 2.61 bits per heavy atom. The fourth-order valence-corrected chi connectivity index (χ4v) is 3.39. The lowest BCUT2D eigenvalue weighted by molar-refractivity contribution is -0.384. The highest BCUT2D eigenvalue weighted by molar-refractivity contribution is 5.82. The number of aryl methyl sites for hydroxylation is 1. The summed E-state index contributed by atoms with van der Waals surface area (Å²) in [6, 6.07) is 20.2. The maximum Gasteiger partial charge on any atom is 0.269 e. The molecule has 33 heavy (non-hydrogen) atoms. The number of nitrogens with zero attached hydrogens (tertiary/aromatic N) is 3. The quantitative estimate of drug-likeness (QED) is 0.192. The van der Waals surface area contributed by atoms with E-state index in [1.54, 1.807) is 42.6 Å².